The third kappa shape index (κ3) is 3.69. The summed E-state index contributed by atoms with van der Waals surface area (Å²) >= 11 is 1.23. The van der Waals surface area contributed by atoms with Crippen LogP contribution < -0.4 is 11.2 Å². The van der Waals surface area contributed by atoms with E-state index in [0.717, 1.165) is 22.6 Å². The number of hydrazone groups is 1. The Bertz CT molecular complexity index is 1390. The Labute approximate surface area is 186 Å². The molecule has 0 saturated heterocycles. The molecule has 162 valence electrons. The number of hydrogen-bond acceptors (Lipinski definition) is 8. The largest absolute Gasteiger partial charge is 0.383 e. The first kappa shape index (κ1) is 21.1. The van der Waals surface area contributed by atoms with Crippen LogP contribution in [0.1, 0.15) is 32.2 Å². The molecule has 32 heavy (non-hydrogen) atoms. The number of anilines is 1. The summed E-state index contributed by atoms with van der Waals surface area (Å²) in [4.78, 5) is 32.4. The molecule has 1 aromatic carbocycles. The Morgan fingerprint density at radius 3 is 2.62 bits per heavy atom. The summed E-state index contributed by atoms with van der Waals surface area (Å²) < 4.78 is 1.96. The van der Waals surface area contributed by atoms with Gasteiger partial charge in [0.15, 0.2) is 0 Å². The molecule has 3 heterocycles. The molecular weight excluding hydrogens is 430 g/mol. The first-order valence-electron chi connectivity index (χ1n) is 9.54. The summed E-state index contributed by atoms with van der Waals surface area (Å²) in [6.07, 6.45) is 2.94. The quantitative estimate of drug-likeness (QED) is 0.270. The van der Waals surface area contributed by atoms with Gasteiger partial charge in [-0.1, -0.05) is 0 Å². The number of nitrogens with two attached hydrogens (primary N) is 1. The number of rotatable bonds is 5. The normalized spacial score (nSPS) is 11.3. The van der Waals surface area contributed by atoms with Crippen LogP contribution in [0.2, 0.25) is 0 Å². The van der Waals surface area contributed by atoms with Crippen molar-refractivity contribution < 1.29 is 9.72 Å². The summed E-state index contributed by atoms with van der Waals surface area (Å²) in [6, 6.07) is 8.24. The van der Waals surface area contributed by atoms with Gasteiger partial charge in [-0.15, -0.1) is 11.3 Å². The van der Waals surface area contributed by atoms with Crippen LogP contribution in [0.25, 0.3) is 15.9 Å². The third-order valence-electron chi connectivity index (χ3n) is 5.12. The fourth-order valence-corrected chi connectivity index (χ4v) is 4.61. The van der Waals surface area contributed by atoms with Gasteiger partial charge in [-0.3, -0.25) is 14.9 Å². The molecule has 0 aliphatic heterocycles. The maximum Gasteiger partial charge on any atom is 0.281 e. The van der Waals surface area contributed by atoms with Gasteiger partial charge in [0.2, 0.25) is 0 Å². The highest BCUT2D eigenvalue weighted by Gasteiger charge is 2.18. The average Bonchev–Trinajstić information content (AvgIpc) is 3.25. The van der Waals surface area contributed by atoms with Gasteiger partial charge in [0.25, 0.3) is 11.6 Å². The van der Waals surface area contributed by atoms with Gasteiger partial charge in [-0.05, 0) is 44.5 Å². The minimum absolute atomic E-state index is 0.0324. The molecule has 0 atom stereocenters. The zero-order valence-corrected chi connectivity index (χ0v) is 18.3. The minimum atomic E-state index is -0.431. The van der Waals surface area contributed by atoms with Crippen LogP contribution in [0.3, 0.4) is 0 Å². The van der Waals surface area contributed by atoms with Crippen LogP contribution in [-0.2, 0) is 0 Å². The fraction of sp³-hybridized carbons (Fsp3) is 0.143. The molecule has 0 aliphatic carbocycles. The number of nitrogen functional groups attached to an aromatic ring is 1. The number of thiophene rings is 1. The monoisotopic (exact) mass is 449 g/mol. The zero-order valence-electron chi connectivity index (χ0n) is 17.5. The van der Waals surface area contributed by atoms with Crippen molar-refractivity contribution in [1.82, 2.24) is 20.0 Å². The number of aryl methyl sites for hydroxylation is 2. The molecule has 0 radical (unpaired) electrons. The number of non-ortho nitro benzene ring substituents is 1. The van der Waals surface area contributed by atoms with E-state index in [9.17, 15) is 14.9 Å². The van der Waals surface area contributed by atoms with Crippen LogP contribution in [0.4, 0.5) is 11.5 Å². The topological polar surface area (TPSA) is 141 Å². The van der Waals surface area contributed by atoms with E-state index in [0.29, 0.717) is 26.5 Å². The zero-order chi connectivity index (χ0) is 23.0. The Hall–Kier alpha value is -4.12. The Morgan fingerprint density at radius 1 is 1.25 bits per heavy atom. The molecule has 4 aromatic rings. The van der Waals surface area contributed by atoms with E-state index in [4.69, 9.17) is 5.73 Å². The van der Waals surface area contributed by atoms with E-state index in [1.165, 1.54) is 29.8 Å². The summed E-state index contributed by atoms with van der Waals surface area (Å²) in [5.74, 6) is -0.0182. The van der Waals surface area contributed by atoms with E-state index in [2.05, 4.69) is 20.5 Å². The summed E-state index contributed by atoms with van der Waals surface area (Å²) in [7, 11) is 0. The number of fused-ring (bicyclic) bond motifs is 1. The van der Waals surface area contributed by atoms with Crippen molar-refractivity contribution in [2.75, 3.05) is 5.73 Å². The van der Waals surface area contributed by atoms with Crippen molar-refractivity contribution in [3.8, 4) is 5.69 Å². The number of hydrogen-bond donors (Lipinski definition) is 2. The maximum atomic E-state index is 12.6. The van der Waals surface area contributed by atoms with Crippen molar-refractivity contribution in [2.45, 2.75) is 20.8 Å². The second-order valence-electron chi connectivity index (χ2n) is 7.13. The van der Waals surface area contributed by atoms with Crippen LogP contribution in [-0.4, -0.2) is 31.6 Å². The summed E-state index contributed by atoms with van der Waals surface area (Å²) in [6.45, 7) is 5.64. The van der Waals surface area contributed by atoms with Gasteiger partial charge in [-0.25, -0.2) is 15.4 Å². The van der Waals surface area contributed by atoms with Crippen molar-refractivity contribution in [3.63, 3.8) is 0 Å². The number of benzene rings is 1. The molecule has 3 aromatic heterocycles. The predicted octanol–water partition coefficient (Wildman–Crippen LogP) is 3.66. The Kier molecular flexibility index (Phi) is 5.41. The first-order valence-corrected chi connectivity index (χ1v) is 10.4. The highest BCUT2D eigenvalue weighted by atomic mass is 32.1. The number of nitro groups is 1. The molecule has 0 saturated carbocycles. The molecule has 0 bridgehead atoms. The van der Waals surface area contributed by atoms with Gasteiger partial charge in [-0.2, -0.15) is 5.10 Å². The maximum absolute atomic E-state index is 12.6. The van der Waals surface area contributed by atoms with E-state index >= 15 is 0 Å². The predicted molar refractivity (Wildman–Crippen MR) is 124 cm³/mol. The van der Waals surface area contributed by atoms with Gasteiger partial charge >= 0.3 is 0 Å². The van der Waals surface area contributed by atoms with Crippen LogP contribution in [0.5, 0.6) is 0 Å². The lowest BCUT2D eigenvalue weighted by Crippen LogP contribution is -2.17. The molecule has 3 N–H and O–H groups in total. The number of carbonyl (C=O) groups excluding carboxylic acids is 1. The third-order valence-corrected chi connectivity index (χ3v) is 6.32. The summed E-state index contributed by atoms with van der Waals surface area (Å²) in [5.41, 5.74) is 12.6. The van der Waals surface area contributed by atoms with Crippen molar-refractivity contribution in [1.29, 1.82) is 0 Å². The molecule has 0 unspecified atom stereocenters. The lowest BCUT2D eigenvalue weighted by atomic mass is 10.2. The minimum Gasteiger partial charge on any atom is -0.383 e. The number of amides is 1. The molecule has 0 aliphatic rings. The van der Waals surface area contributed by atoms with Crippen molar-refractivity contribution in [3.05, 3.63) is 74.2 Å². The second kappa shape index (κ2) is 8.19. The van der Waals surface area contributed by atoms with Gasteiger partial charge < -0.3 is 10.3 Å². The van der Waals surface area contributed by atoms with E-state index in [-0.39, 0.29) is 11.6 Å². The molecule has 1 amide bonds. The number of carbonyl (C=O) groups is 1. The van der Waals surface area contributed by atoms with Crippen LogP contribution in [0.15, 0.2) is 41.8 Å². The molecule has 4 rings (SSSR count). The first-order chi connectivity index (χ1) is 15.3. The second-order valence-corrected chi connectivity index (χ2v) is 8.13. The van der Waals surface area contributed by atoms with Gasteiger partial charge in [0.1, 0.15) is 17.0 Å². The van der Waals surface area contributed by atoms with Gasteiger partial charge in [0.05, 0.1) is 21.4 Å². The molecule has 0 spiro atoms. The van der Waals surface area contributed by atoms with Crippen LogP contribution in [0, 0.1) is 30.9 Å². The fourth-order valence-electron chi connectivity index (χ4n) is 3.57. The van der Waals surface area contributed by atoms with E-state index in [1.54, 1.807) is 25.3 Å². The lowest BCUT2D eigenvalue weighted by Gasteiger charge is -2.09. The van der Waals surface area contributed by atoms with E-state index in [1.807, 2.05) is 24.5 Å². The Morgan fingerprint density at radius 2 is 1.97 bits per heavy atom. The summed E-state index contributed by atoms with van der Waals surface area (Å²) in [5, 5.41) is 15.7. The molecule has 11 heteroatoms. The van der Waals surface area contributed by atoms with Crippen molar-refractivity contribution in [2.24, 2.45) is 5.10 Å². The Balaban J connectivity index is 1.55. The number of aromatic nitrogens is 3. The standard InChI is InChI=1S/C21H19N7O3S/c1-11-8-14(13(3)27(11)15-4-6-16(7-5-15)28(30)31)9-25-26-20(29)18-12(2)17-19(22)23-10-24-21(17)32-18/h4-10H,1-3H3,(H,26,29)(H2,22,23,24)/b25-9-. The molecular formula is C21H19N7O3S. The molecule has 0 fully saturated rings. The van der Waals surface area contributed by atoms with Crippen molar-refractivity contribution >= 4 is 45.2 Å². The highest BCUT2D eigenvalue weighted by molar-refractivity contribution is 7.20. The SMILES string of the molecule is Cc1c(C(=O)N/N=C\c2cc(C)n(-c3ccc([N+](=O)[O-])cc3)c2C)sc2ncnc(N)c12. The highest BCUT2D eigenvalue weighted by Crippen LogP contribution is 2.31. The molecule has 10 nitrogen and oxygen atoms in total. The number of nitrogens with zero attached hydrogens (tertiary/aromatic N) is 5. The average molecular weight is 449 g/mol. The smallest absolute Gasteiger partial charge is 0.281 e. The van der Waals surface area contributed by atoms with Gasteiger partial charge in [0, 0.05) is 34.8 Å². The van der Waals surface area contributed by atoms with E-state index < -0.39 is 4.92 Å². The number of nitro benzene ring substituents is 1. The number of nitrogens with one attached hydrogen (secondary N) is 1. The van der Waals surface area contributed by atoms with Crippen LogP contribution >= 0.6 is 11.3 Å². The lowest BCUT2D eigenvalue weighted by molar-refractivity contribution is -0.384.